The van der Waals surface area contributed by atoms with E-state index in [4.69, 9.17) is 0 Å². The molecule has 0 aromatic rings. The van der Waals surface area contributed by atoms with Crippen LogP contribution in [0.4, 0.5) is 0 Å². The molecule has 0 saturated carbocycles. The maximum absolute atomic E-state index is 10.3. The highest BCUT2D eigenvalue weighted by atomic mass is 16.1. The summed E-state index contributed by atoms with van der Waals surface area (Å²) in [5, 5.41) is 2.97. The Bertz CT molecular complexity index is 189. The quantitative estimate of drug-likeness (QED) is 0.519. The highest BCUT2D eigenvalue weighted by Crippen LogP contribution is 1.94. The fourth-order valence-corrected chi connectivity index (χ4v) is 0.748. The van der Waals surface area contributed by atoms with Gasteiger partial charge in [0.2, 0.25) is 0 Å². The SMILES string of the molecule is CCN([C]=O)N1C=NC=NC1. The topological polar surface area (TPSA) is 48.3 Å². The molecule has 5 nitrogen and oxygen atoms in total. The number of aliphatic imine (C=N–C) groups is 2. The molecule has 59 valence electrons. The average Bonchev–Trinajstić information content (AvgIpc) is 2.09. The van der Waals surface area contributed by atoms with Crippen molar-refractivity contribution in [3.05, 3.63) is 0 Å². The predicted octanol–water partition coefficient (Wildman–Crippen LogP) is -0.380. The van der Waals surface area contributed by atoms with E-state index in [-0.39, 0.29) is 0 Å². The monoisotopic (exact) mass is 153 g/mol. The van der Waals surface area contributed by atoms with Crippen molar-refractivity contribution in [2.24, 2.45) is 9.98 Å². The molecule has 11 heavy (non-hydrogen) atoms. The van der Waals surface area contributed by atoms with Crippen molar-refractivity contribution in [2.45, 2.75) is 6.92 Å². The molecule has 0 aromatic carbocycles. The molecule has 1 aliphatic heterocycles. The molecule has 0 aliphatic carbocycles. The number of hydrazine groups is 1. The fourth-order valence-electron chi connectivity index (χ4n) is 0.748. The lowest BCUT2D eigenvalue weighted by molar-refractivity contribution is 0.142. The Morgan fingerprint density at radius 3 is 3.09 bits per heavy atom. The Kier molecular flexibility index (Phi) is 2.59. The van der Waals surface area contributed by atoms with Crippen LogP contribution in [-0.2, 0) is 4.79 Å². The van der Waals surface area contributed by atoms with Gasteiger partial charge in [-0.05, 0) is 6.92 Å². The third-order valence-electron chi connectivity index (χ3n) is 1.29. The standard InChI is InChI=1S/C6H9N4O/c1-2-9(6-11)10-4-7-3-8-5-10/h3-4H,2,5H2,1H3. The highest BCUT2D eigenvalue weighted by Gasteiger charge is 2.08. The molecule has 1 amide bonds. The van der Waals surface area contributed by atoms with E-state index in [2.05, 4.69) is 9.98 Å². The van der Waals surface area contributed by atoms with Gasteiger partial charge >= 0.3 is 6.41 Å². The minimum absolute atomic E-state index is 0.437. The largest absolute Gasteiger partial charge is 0.332 e. The number of carbonyl (C=O) groups excluding carboxylic acids is 1. The summed E-state index contributed by atoms with van der Waals surface area (Å²) in [6, 6.07) is 0. The van der Waals surface area contributed by atoms with Gasteiger partial charge in [0.25, 0.3) is 0 Å². The predicted molar refractivity (Wildman–Crippen MR) is 41.8 cm³/mol. The van der Waals surface area contributed by atoms with Crippen LogP contribution >= 0.6 is 0 Å². The van der Waals surface area contributed by atoms with Gasteiger partial charge in [-0.3, -0.25) is 9.79 Å². The summed E-state index contributed by atoms with van der Waals surface area (Å²) in [5.74, 6) is 0. The zero-order valence-electron chi connectivity index (χ0n) is 6.27. The first kappa shape index (κ1) is 7.71. The first-order valence-corrected chi connectivity index (χ1v) is 3.32. The molecule has 1 rings (SSSR count). The molecule has 0 aromatic heterocycles. The lowest BCUT2D eigenvalue weighted by Gasteiger charge is -2.27. The Balaban J connectivity index is 2.52. The zero-order chi connectivity index (χ0) is 8.10. The van der Waals surface area contributed by atoms with Crippen LogP contribution in [0.25, 0.3) is 0 Å². The molecule has 0 fully saturated rings. The highest BCUT2D eigenvalue weighted by molar-refractivity contribution is 5.73. The van der Waals surface area contributed by atoms with Crippen molar-refractivity contribution in [2.75, 3.05) is 13.2 Å². The third-order valence-corrected chi connectivity index (χ3v) is 1.29. The Hall–Kier alpha value is -1.39. The first-order chi connectivity index (χ1) is 5.38. The lowest BCUT2D eigenvalue weighted by atomic mass is 10.7. The van der Waals surface area contributed by atoms with Gasteiger partial charge in [-0.1, -0.05) is 0 Å². The summed E-state index contributed by atoms with van der Waals surface area (Å²) >= 11 is 0. The summed E-state index contributed by atoms with van der Waals surface area (Å²) in [4.78, 5) is 17.9. The normalized spacial score (nSPS) is 15.2. The maximum Gasteiger partial charge on any atom is 0.332 e. The molecule has 0 N–H and O–H groups in total. The second-order valence-electron chi connectivity index (χ2n) is 1.95. The minimum Gasteiger partial charge on any atom is -0.261 e. The van der Waals surface area contributed by atoms with Crippen LogP contribution in [-0.4, -0.2) is 42.3 Å². The smallest absolute Gasteiger partial charge is 0.261 e. The van der Waals surface area contributed by atoms with E-state index in [0.29, 0.717) is 13.2 Å². The number of hydrogen-bond donors (Lipinski definition) is 0. The van der Waals surface area contributed by atoms with Gasteiger partial charge in [0, 0.05) is 6.54 Å². The van der Waals surface area contributed by atoms with Crippen LogP contribution in [0.5, 0.6) is 0 Å². The lowest BCUT2D eigenvalue weighted by Crippen LogP contribution is -2.41. The second-order valence-corrected chi connectivity index (χ2v) is 1.95. The van der Waals surface area contributed by atoms with Crippen molar-refractivity contribution in [3.63, 3.8) is 0 Å². The van der Waals surface area contributed by atoms with Crippen molar-refractivity contribution < 1.29 is 4.79 Å². The molecule has 0 unspecified atom stereocenters. The number of hydrogen-bond acceptors (Lipinski definition) is 4. The molecule has 0 atom stereocenters. The molecule has 1 aliphatic rings. The first-order valence-electron chi connectivity index (χ1n) is 3.32. The van der Waals surface area contributed by atoms with E-state index in [9.17, 15) is 4.79 Å². The second kappa shape index (κ2) is 3.70. The molecule has 1 radical (unpaired) electrons. The molecular formula is C6H9N4O. The van der Waals surface area contributed by atoms with Gasteiger partial charge < -0.3 is 0 Å². The van der Waals surface area contributed by atoms with Gasteiger partial charge in [0.05, 0.1) is 0 Å². The Labute approximate surface area is 65.0 Å². The van der Waals surface area contributed by atoms with E-state index >= 15 is 0 Å². The molecule has 0 spiro atoms. The van der Waals surface area contributed by atoms with E-state index in [1.807, 2.05) is 6.92 Å². The number of amides is 1. The van der Waals surface area contributed by atoms with Crippen molar-refractivity contribution in [1.82, 2.24) is 10.0 Å². The van der Waals surface area contributed by atoms with Gasteiger partial charge in [-0.15, -0.1) is 0 Å². The summed E-state index contributed by atoms with van der Waals surface area (Å²) in [5.41, 5.74) is 0. The van der Waals surface area contributed by atoms with Gasteiger partial charge in [-0.2, -0.15) is 0 Å². The summed E-state index contributed by atoms with van der Waals surface area (Å²) in [6.07, 6.45) is 4.76. The maximum atomic E-state index is 10.3. The van der Waals surface area contributed by atoms with E-state index < -0.39 is 0 Å². The minimum atomic E-state index is 0.437. The van der Waals surface area contributed by atoms with E-state index in [1.165, 1.54) is 11.3 Å². The summed E-state index contributed by atoms with van der Waals surface area (Å²) in [7, 11) is 0. The Morgan fingerprint density at radius 2 is 2.64 bits per heavy atom. The molecule has 0 saturated heterocycles. The molecule has 5 heteroatoms. The van der Waals surface area contributed by atoms with Crippen LogP contribution in [0.1, 0.15) is 6.92 Å². The van der Waals surface area contributed by atoms with Crippen LogP contribution in [0.15, 0.2) is 9.98 Å². The molecular weight excluding hydrogens is 144 g/mol. The number of rotatable bonds is 3. The summed E-state index contributed by atoms with van der Waals surface area (Å²) < 4.78 is 0. The van der Waals surface area contributed by atoms with Crippen LogP contribution < -0.4 is 0 Å². The third kappa shape index (κ3) is 1.76. The van der Waals surface area contributed by atoms with Crippen LogP contribution in [0.2, 0.25) is 0 Å². The Morgan fingerprint density at radius 1 is 1.82 bits per heavy atom. The van der Waals surface area contributed by atoms with E-state index in [1.54, 1.807) is 17.8 Å². The molecule has 0 bridgehead atoms. The van der Waals surface area contributed by atoms with Crippen molar-refractivity contribution in [3.8, 4) is 0 Å². The van der Waals surface area contributed by atoms with Crippen molar-refractivity contribution >= 4 is 19.1 Å². The average molecular weight is 153 g/mol. The van der Waals surface area contributed by atoms with Crippen LogP contribution in [0, 0.1) is 0 Å². The van der Waals surface area contributed by atoms with Gasteiger partial charge in [-0.25, -0.2) is 15.0 Å². The zero-order valence-corrected chi connectivity index (χ0v) is 6.27. The van der Waals surface area contributed by atoms with E-state index in [0.717, 1.165) is 0 Å². The summed E-state index contributed by atoms with van der Waals surface area (Å²) in [6.45, 7) is 2.87. The van der Waals surface area contributed by atoms with Crippen molar-refractivity contribution in [1.29, 1.82) is 0 Å². The molecule has 1 heterocycles. The van der Waals surface area contributed by atoms with Gasteiger partial charge in [0.15, 0.2) is 0 Å². The van der Waals surface area contributed by atoms with Gasteiger partial charge in [0.1, 0.15) is 19.3 Å². The van der Waals surface area contributed by atoms with Crippen LogP contribution in [0.3, 0.4) is 0 Å². The fraction of sp³-hybridized carbons (Fsp3) is 0.500. The number of nitrogens with zero attached hydrogens (tertiary/aromatic N) is 4.